The fourth-order valence-corrected chi connectivity index (χ4v) is 3.70. The van der Waals surface area contributed by atoms with Crippen LogP contribution in [0.1, 0.15) is 20.3 Å². The number of para-hydroxylation sites is 2. The number of phenolic OH excluding ortho intramolecular Hbond substituents is 1. The molecule has 156 valence electrons. The fourth-order valence-electron chi connectivity index (χ4n) is 3.70. The molecule has 1 aromatic heterocycles. The summed E-state index contributed by atoms with van der Waals surface area (Å²) in [6.07, 6.45) is 0.681. The van der Waals surface area contributed by atoms with Crippen molar-refractivity contribution in [2.75, 3.05) is 18.9 Å². The summed E-state index contributed by atoms with van der Waals surface area (Å²) < 4.78 is 0. The quantitative estimate of drug-likeness (QED) is 0.605. The minimum atomic E-state index is -0.208. The predicted octanol–water partition coefficient (Wildman–Crippen LogP) is 3.01. The summed E-state index contributed by atoms with van der Waals surface area (Å²) in [5.74, 6) is 1.42. The molecule has 2 aromatic carbocycles. The van der Waals surface area contributed by atoms with Gasteiger partial charge in [0.15, 0.2) is 5.82 Å². The lowest BCUT2D eigenvalue weighted by Gasteiger charge is -2.24. The first kappa shape index (κ1) is 20.1. The Hall–Kier alpha value is -3.19. The number of fused-ring (bicyclic) bond motifs is 1. The number of hydrogen-bond donors (Lipinski definition) is 3. The molecule has 0 unspecified atom stereocenters. The van der Waals surface area contributed by atoms with E-state index in [9.17, 15) is 9.90 Å². The van der Waals surface area contributed by atoms with E-state index in [0.717, 1.165) is 10.9 Å². The van der Waals surface area contributed by atoms with Gasteiger partial charge in [-0.15, -0.1) is 0 Å². The lowest BCUT2D eigenvalue weighted by molar-refractivity contribution is -0.133. The third kappa shape index (κ3) is 3.93. The number of aromatic nitrogens is 2. The number of hydrogen-bond acceptors (Lipinski definition) is 6. The molecule has 7 nitrogen and oxygen atoms in total. The van der Waals surface area contributed by atoms with E-state index in [4.69, 9.17) is 4.98 Å². The number of rotatable bonds is 5. The molecule has 0 aliphatic carbocycles. The molecule has 3 N–H and O–H groups in total. The molecule has 0 bridgehead atoms. The SMILES string of the molecule is CC(C)N(C)C(=O)[C@H]1C[C@H](Nc2nc(-c3ccccc3O)nc3ccccc23)CN1. The van der Waals surface area contributed by atoms with Crippen molar-refractivity contribution in [3.05, 3.63) is 48.5 Å². The molecule has 4 rings (SSSR count). The second kappa shape index (κ2) is 8.28. The van der Waals surface area contributed by atoms with Crippen LogP contribution in [0.3, 0.4) is 0 Å². The Morgan fingerprint density at radius 2 is 1.90 bits per heavy atom. The van der Waals surface area contributed by atoms with Gasteiger partial charge in [0.1, 0.15) is 11.6 Å². The number of amides is 1. The van der Waals surface area contributed by atoms with Crippen LogP contribution in [0.5, 0.6) is 5.75 Å². The van der Waals surface area contributed by atoms with Crippen LogP contribution in [0.4, 0.5) is 5.82 Å². The number of likely N-dealkylation sites (N-methyl/N-ethyl adjacent to an activating group) is 1. The normalized spacial score (nSPS) is 18.7. The molecule has 1 amide bonds. The van der Waals surface area contributed by atoms with Crippen LogP contribution in [0.25, 0.3) is 22.3 Å². The van der Waals surface area contributed by atoms with Crippen molar-refractivity contribution in [2.45, 2.75) is 38.4 Å². The molecule has 2 heterocycles. The number of phenols is 1. The molecular formula is C23H27N5O2. The fraction of sp³-hybridized carbons (Fsp3) is 0.348. The molecule has 2 atom stereocenters. The van der Waals surface area contributed by atoms with Crippen LogP contribution in [-0.4, -0.2) is 57.6 Å². The van der Waals surface area contributed by atoms with E-state index >= 15 is 0 Å². The van der Waals surface area contributed by atoms with Crippen molar-refractivity contribution >= 4 is 22.6 Å². The van der Waals surface area contributed by atoms with Crippen molar-refractivity contribution in [1.82, 2.24) is 20.2 Å². The first-order valence-corrected chi connectivity index (χ1v) is 10.3. The highest BCUT2D eigenvalue weighted by atomic mass is 16.3. The lowest BCUT2D eigenvalue weighted by Crippen LogP contribution is -2.44. The van der Waals surface area contributed by atoms with Crippen molar-refractivity contribution in [3.63, 3.8) is 0 Å². The summed E-state index contributed by atoms with van der Waals surface area (Å²) >= 11 is 0. The third-order valence-electron chi connectivity index (χ3n) is 5.64. The minimum Gasteiger partial charge on any atom is -0.507 e. The van der Waals surface area contributed by atoms with Gasteiger partial charge in [-0.2, -0.15) is 0 Å². The molecule has 1 saturated heterocycles. The average Bonchev–Trinajstić information content (AvgIpc) is 3.21. The summed E-state index contributed by atoms with van der Waals surface area (Å²) in [6, 6.07) is 14.9. The Labute approximate surface area is 176 Å². The van der Waals surface area contributed by atoms with E-state index in [2.05, 4.69) is 15.6 Å². The van der Waals surface area contributed by atoms with Gasteiger partial charge < -0.3 is 20.6 Å². The Morgan fingerprint density at radius 3 is 2.67 bits per heavy atom. The van der Waals surface area contributed by atoms with Crippen LogP contribution in [0.2, 0.25) is 0 Å². The third-order valence-corrected chi connectivity index (χ3v) is 5.64. The largest absolute Gasteiger partial charge is 0.507 e. The number of carbonyl (C=O) groups excluding carboxylic acids is 1. The molecule has 7 heteroatoms. The van der Waals surface area contributed by atoms with E-state index in [-0.39, 0.29) is 29.8 Å². The number of nitrogens with zero attached hydrogens (tertiary/aromatic N) is 3. The molecule has 1 aliphatic rings. The molecule has 1 fully saturated rings. The zero-order valence-electron chi connectivity index (χ0n) is 17.5. The summed E-state index contributed by atoms with van der Waals surface area (Å²) in [7, 11) is 1.84. The maximum atomic E-state index is 12.7. The molecular weight excluding hydrogens is 378 g/mol. The first-order valence-electron chi connectivity index (χ1n) is 10.3. The van der Waals surface area contributed by atoms with Crippen molar-refractivity contribution < 1.29 is 9.90 Å². The second-order valence-corrected chi connectivity index (χ2v) is 8.01. The van der Waals surface area contributed by atoms with Crippen molar-refractivity contribution in [1.29, 1.82) is 0 Å². The Kier molecular flexibility index (Phi) is 5.55. The van der Waals surface area contributed by atoms with Gasteiger partial charge in [-0.3, -0.25) is 4.79 Å². The minimum absolute atomic E-state index is 0.0649. The Balaban J connectivity index is 1.62. The molecule has 0 spiro atoms. The topological polar surface area (TPSA) is 90.4 Å². The molecule has 0 saturated carbocycles. The standard InChI is InChI=1S/C23H27N5O2/c1-14(2)28(3)23(30)19-12-15(13-24-19)25-21-16-8-4-6-10-18(16)26-22(27-21)17-9-5-7-11-20(17)29/h4-11,14-15,19,24,29H,12-13H2,1-3H3,(H,25,26,27)/t15-,19+/m0/s1. The van der Waals surface area contributed by atoms with Crippen LogP contribution < -0.4 is 10.6 Å². The molecule has 30 heavy (non-hydrogen) atoms. The van der Waals surface area contributed by atoms with Crippen LogP contribution >= 0.6 is 0 Å². The summed E-state index contributed by atoms with van der Waals surface area (Å²) in [4.78, 5) is 23.8. The van der Waals surface area contributed by atoms with Crippen LogP contribution in [-0.2, 0) is 4.79 Å². The Morgan fingerprint density at radius 1 is 1.17 bits per heavy atom. The van der Waals surface area contributed by atoms with Gasteiger partial charge >= 0.3 is 0 Å². The maximum absolute atomic E-state index is 12.7. The number of anilines is 1. The second-order valence-electron chi connectivity index (χ2n) is 8.01. The number of carbonyl (C=O) groups is 1. The highest BCUT2D eigenvalue weighted by Crippen LogP contribution is 2.30. The maximum Gasteiger partial charge on any atom is 0.239 e. The summed E-state index contributed by atoms with van der Waals surface area (Å²) in [5.41, 5.74) is 1.38. The number of benzene rings is 2. The average molecular weight is 406 g/mol. The van der Waals surface area contributed by atoms with Gasteiger partial charge in [-0.25, -0.2) is 9.97 Å². The lowest BCUT2D eigenvalue weighted by atomic mass is 10.1. The van der Waals surface area contributed by atoms with Crippen LogP contribution in [0, 0.1) is 0 Å². The first-order chi connectivity index (χ1) is 14.4. The van der Waals surface area contributed by atoms with Gasteiger partial charge in [0.25, 0.3) is 0 Å². The zero-order chi connectivity index (χ0) is 21.3. The zero-order valence-corrected chi connectivity index (χ0v) is 17.5. The monoisotopic (exact) mass is 405 g/mol. The van der Waals surface area contributed by atoms with Gasteiger partial charge in [-0.05, 0) is 44.5 Å². The number of nitrogens with one attached hydrogen (secondary N) is 2. The van der Waals surface area contributed by atoms with Gasteiger partial charge in [0.2, 0.25) is 5.91 Å². The van der Waals surface area contributed by atoms with E-state index in [1.54, 1.807) is 23.1 Å². The van der Waals surface area contributed by atoms with Crippen molar-refractivity contribution in [2.24, 2.45) is 0 Å². The highest BCUT2D eigenvalue weighted by molar-refractivity contribution is 5.91. The molecule has 3 aromatic rings. The van der Waals surface area contributed by atoms with Crippen LogP contribution in [0.15, 0.2) is 48.5 Å². The smallest absolute Gasteiger partial charge is 0.239 e. The van der Waals surface area contributed by atoms with Gasteiger partial charge in [-0.1, -0.05) is 24.3 Å². The van der Waals surface area contributed by atoms with E-state index in [1.807, 2.05) is 51.2 Å². The number of aromatic hydroxyl groups is 1. The highest BCUT2D eigenvalue weighted by Gasteiger charge is 2.32. The predicted molar refractivity (Wildman–Crippen MR) is 118 cm³/mol. The summed E-state index contributed by atoms with van der Waals surface area (Å²) in [5, 5.41) is 18.0. The molecule has 0 radical (unpaired) electrons. The van der Waals surface area contributed by atoms with Crippen molar-refractivity contribution in [3.8, 4) is 17.1 Å². The van der Waals surface area contributed by atoms with Gasteiger partial charge in [0, 0.05) is 31.1 Å². The Bertz CT molecular complexity index is 1070. The van der Waals surface area contributed by atoms with Gasteiger partial charge in [0.05, 0.1) is 17.1 Å². The van der Waals surface area contributed by atoms with E-state index in [0.29, 0.717) is 30.2 Å². The van der Waals surface area contributed by atoms with E-state index < -0.39 is 0 Å². The summed E-state index contributed by atoms with van der Waals surface area (Å²) in [6.45, 7) is 4.69. The molecule has 1 aliphatic heterocycles. The van der Waals surface area contributed by atoms with E-state index in [1.165, 1.54) is 0 Å².